The molecule has 2 aliphatic rings. The maximum Gasteiger partial charge on any atom is 0.338 e. The summed E-state index contributed by atoms with van der Waals surface area (Å²) in [5, 5.41) is 0. The van der Waals surface area contributed by atoms with E-state index in [1.165, 1.54) is 0 Å². The van der Waals surface area contributed by atoms with Crippen molar-refractivity contribution < 1.29 is 19.1 Å². The van der Waals surface area contributed by atoms with Crippen LogP contribution in [0.1, 0.15) is 62.2 Å². The summed E-state index contributed by atoms with van der Waals surface area (Å²) < 4.78 is 11.3. The Labute approximate surface area is 143 Å². The zero-order valence-corrected chi connectivity index (χ0v) is 14.3. The standard InChI is InChI=1S/C20H26O4/c1-2-23-19(22)20(16-11-6-7-12-16)14-8-13-17(20)24-18(21)15-9-4-3-5-10-15/h3-5,9-10,16-17H,2,6-8,11-14H2,1H3. The number of carbonyl (C=O) groups is 2. The third-order valence-corrected chi connectivity index (χ3v) is 5.63. The number of ether oxygens (including phenoxy) is 2. The summed E-state index contributed by atoms with van der Waals surface area (Å²) in [7, 11) is 0. The molecule has 1 aromatic carbocycles. The molecule has 0 aromatic heterocycles. The van der Waals surface area contributed by atoms with E-state index < -0.39 is 5.41 Å². The van der Waals surface area contributed by atoms with Crippen LogP contribution in [-0.4, -0.2) is 24.6 Å². The minimum Gasteiger partial charge on any atom is -0.465 e. The molecule has 0 amide bonds. The lowest BCUT2D eigenvalue weighted by Gasteiger charge is -2.37. The third-order valence-electron chi connectivity index (χ3n) is 5.63. The molecule has 0 aliphatic heterocycles. The van der Waals surface area contributed by atoms with Gasteiger partial charge in [0.25, 0.3) is 0 Å². The van der Waals surface area contributed by atoms with E-state index >= 15 is 0 Å². The summed E-state index contributed by atoms with van der Waals surface area (Å²) in [6.07, 6.45) is 6.39. The van der Waals surface area contributed by atoms with Crippen molar-refractivity contribution in [2.75, 3.05) is 6.61 Å². The Kier molecular flexibility index (Phi) is 5.22. The zero-order chi connectivity index (χ0) is 17.0. The van der Waals surface area contributed by atoms with Gasteiger partial charge in [0.1, 0.15) is 11.5 Å². The molecular formula is C20H26O4. The lowest BCUT2D eigenvalue weighted by Crippen LogP contribution is -2.47. The van der Waals surface area contributed by atoms with Crippen molar-refractivity contribution in [1.29, 1.82) is 0 Å². The zero-order valence-electron chi connectivity index (χ0n) is 14.3. The number of rotatable bonds is 5. The molecule has 0 saturated heterocycles. The van der Waals surface area contributed by atoms with Crippen molar-refractivity contribution in [2.24, 2.45) is 11.3 Å². The molecule has 24 heavy (non-hydrogen) atoms. The quantitative estimate of drug-likeness (QED) is 0.762. The van der Waals surface area contributed by atoms with Gasteiger partial charge in [0.05, 0.1) is 12.2 Å². The van der Waals surface area contributed by atoms with Crippen molar-refractivity contribution in [3.05, 3.63) is 35.9 Å². The molecule has 4 heteroatoms. The molecule has 2 atom stereocenters. The molecule has 2 aliphatic carbocycles. The Hall–Kier alpha value is -1.84. The van der Waals surface area contributed by atoms with E-state index in [9.17, 15) is 9.59 Å². The molecule has 0 heterocycles. The minimum atomic E-state index is -0.642. The van der Waals surface area contributed by atoms with Gasteiger partial charge in [-0.15, -0.1) is 0 Å². The Morgan fingerprint density at radius 2 is 1.79 bits per heavy atom. The topological polar surface area (TPSA) is 52.6 Å². The van der Waals surface area contributed by atoms with Crippen molar-refractivity contribution in [3.63, 3.8) is 0 Å². The van der Waals surface area contributed by atoms with Gasteiger partial charge in [0.15, 0.2) is 0 Å². The van der Waals surface area contributed by atoms with Crippen molar-refractivity contribution in [3.8, 4) is 0 Å². The van der Waals surface area contributed by atoms with Gasteiger partial charge in [0.2, 0.25) is 0 Å². The average molecular weight is 330 g/mol. The van der Waals surface area contributed by atoms with Crippen LogP contribution in [-0.2, 0) is 14.3 Å². The minimum absolute atomic E-state index is 0.166. The van der Waals surface area contributed by atoms with E-state index in [-0.39, 0.29) is 24.0 Å². The van der Waals surface area contributed by atoms with E-state index in [0.29, 0.717) is 12.2 Å². The van der Waals surface area contributed by atoms with Crippen LogP contribution in [0.4, 0.5) is 0 Å². The molecule has 2 fully saturated rings. The molecule has 1 aromatic rings. The maximum absolute atomic E-state index is 12.9. The smallest absolute Gasteiger partial charge is 0.338 e. The predicted molar refractivity (Wildman–Crippen MR) is 90.5 cm³/mol. The fraction of sp³-hybridized carbons (Fsp3) is 0.600. The number of benzene rings is 1. The predicted octanol–water partition coefficient (Wildman–Crippen LogP) is 4.14. The summed E-state index contributed by atoms with van der Waals surface area (Å²) in [6, 6.07) is 9.01. The third kappa shape index (κ3) is 3.06. The molecule has 0 bridgehead atoms. The van der Waals surface area contributed by atoms with E-state index in [0.717, 1.165) is 44.9 Å². The summed E-state index contributed by atoms with van der Waals surface area (Å²) in [5.41, 5.74) is -0.106. The van der Waals surface area contributed by atoms with Gasteiger partial charge in [-0.05, 0) is 57.1 Å². The normalized spacial score (nSPS) is 27.1. The monoisotopic (exact) mass is 330 g/mol. The maximum atomic E-state index is 12.9. The fourth-order valence-corrected chi connectivity index (χ4v) is 4.51. The highest BCUT2D eigenvalue weighted by molar-refractivity contribution is 5.90. The van der Waals surface area contributed by atoms with Crippen molar-refractivity contribution in [2.45, 2.75) is 58.0 Å². The molecule has 2 unspecified atom stereocenters. The van der Waals surface area contributed by atoms with Gasteiger partial charge in [-0.3, -0.25) is 4.79 Å². The van der Waals surface area contributed by atoms with Crippen LogP contribution in [0.2, 0.25) is 0 Å². The second-order valence-corrected chi connectivity index (χ2v) is 6.89. The Bertz CT molecular complexity index is 577. The van der Waals surface area contributed by atoms with Gasteiger partial charge in [0, 0.05) is 0 Å². The molecule has 2 saturated carbocycles. The van der Waals surface area contributed by atoms with Gasteiger partial charge >= 0.3 is 11.9 Å². The number of carbonyl (C=O) groups excluding carboxylic acids is 2. The van der Waals surface area contributed by atoms with Crippen molar-refractivity contribution in [1.82, 2.24) is 0 Å². The second kappa shape index (κ2) is 7.37. The molecule has 0 N–H and O–H groups in total. The Morgan fingerprint density at radius 3 is 2.46 bits per heavy atom. The molecule has 0 spiro atoms. The van der Waals surface area contributed by atoms with Crippen LogP contribution >= 0.6 is 0 Å². The number of hydrogen-bond acceptors (Lipinski definition) is 4. The van der Waals surface area contributed by atoms with E-state index in [1.807, 2.05) is 25.1 Å². The number of hydrogen-bond donors (Lipinski definition) is 0. The van der Waals surface area contributed by atoms with Crippen LogP contribution in [0.5, 0.6) is 0 Å². The first-order chi connectivity index (χ1) is 11.7. The molecule has 3 rings (SSSR count). The van der Waals surface area contributed by atoms with Crippen molar-refractivity contribution >= 4 is 11.9 Å². The SMILES string of the molecule is CCOC(=O)C1(C2CCCC2)CCCC1OC(=O)c1ccccc1. The van der Waals surface area contributed by atoms with Gasteiger partial charge in [-0.2, -0.15) is 0 Å². The highest BCUT2D eigenvalue weighted by Gasteiger charge is 2.57. The highest BCUT2D eigenvalue weighted by atomic mass is 16.6. The fourth-order valence-electron chi connectivity index (χ4n) is 4.51. The first-order valence-corrected chi connectivity index (χ1v) is 9.11. The van der Waals surface area contributed by atoms with Gasteiger partial charge < -0.3 is 9.47 Å². The van der Waals surface area contributed by atoms with E-state index in [1.54, 1.807) is 12.1 Å². The first-order valence-electron chi connectivity index (χ1n) is 9.11. The van der Waals surface area contributed by atoms with E-state index in [2.05, 4.69) is 0 Å². The molecular weight excluding hydrogens is 304 g/mol. The lowest BCUT2D eigenvalue weighted by atomic mass is 9.71. The second-order valence-electron chi connectivity index (χ2n) is 6.89. The van der Waals surface area contributed by atoms with Gasteiger partial charge in [-0.1, -0.05) is 31.0 Å². The largest absolute Gasteiger partial charge is 0.465 e. The van der Waals surface area contributed by atoms with Crippen LogP contribution < -0.4 is 0 Å². The highest BCUT2D eigenvalue weighted by Crippen LogP contribution is 2.52. The van der Waals surface area contributed by atoms with Crippen LogP contribution in [0.25, 0.3) is 0 Å². The Morgan fingerprint density at radius 1 is 1.08 bits per heavy atom. The molecule has 130 valence electrons. The summed E-state index contributed by atoms with van der Waals surface area (Å²) in [6.45, 7) is 2.20. The number of esters is 2. The van der Waals surface area contributed by atoms with Crippen LogP contribution in [0.15, 0.2) is 30.3 Å². The first kappa shape index (κ1) is 17.0. The van der Waals surface area contributed by atoms with Gasteiger partial charge in [-0.25, -0.2) is 4.79 Å². The summed E-state index contributed by atoms with van der Waals surface area (Å²) >= 11 is 0. The molecule has 4 nitrogen and oxygen atoms in total. The lowest BCUT2D eigenvalue weighted by molar-refractivity contribution is -0.166. The molecule has 0 radical (unpaired) electrons. The summed E-state index contributed by atoms with van der Waals surface area (Å²) in [4.78, 5) is 25.4. The Balaban J connectivity index is 1.84. The summed E-state index contributed by atoms with van der Waals surface area (Å²) in [5.74, 6) is -0.234. The van der Waals surface area contributed by atoms with Crippen LogP contribution in [0.3, 0.4) is 0 Å². The average Bonchev–Trinajstić information content (AvgIpc) is 3.26. The van der Waals surface area contributed by atoms with E-state index in [4.69, 9.17) is 9.47 Å². The van der Waals surface area contributed by atoms with Crippen LogP contribution in [0, 0.1) is 11.3 Å².